The zero-order valence-electron chi connectivity index (χ0n) is 10.5. The molecule has 1 rings (SSSR count). The first-order valence-electron chi connectivity index (χ1n) is 5.72. The van der Waals surface area contributed by atoms with Crippen LogP contribution in [0.2, 0.25) is 0 Å². The summed E-state index contributed by atoms with van der Waals surface area (Å²) in [4.78, 5) is 11.8. The van der Waals surface area contributed by atoms with Crippen molar-refractivity contribution in [1.29, 1.82) is 0 Å². The Morgan fingerprint density at radius 1 is 1.47 bits per heavy atom. The van der Waals surface area contributed by atoms with Gasteiger partial charge in [-0.3, -0.25) is 4.79 Å². The van der Waals surface area contributed by atoms with E-state index in [9.17, 15) is 9.18 Å². The third kappa shape index (κ3) is 4.15. The molecule has 1 amide bonds. The van der Waals surface area contributed by atoms with Crippen molar-refractivity contribution in [3.8, 4) is 0 Å². The summed E-state index contributed by atoms with van der Waals surface area (Å²) < 4.78 is 13.0. The molecule has 0 aliphatic carbocycles. The number of carbonyl (C=O) groups is 1. The van der Waals surface area contributed by atoms with Crippen LogP contribution in [-0.2, 0) is 4.79 Å². The zero-order chi connectivity index (χ0) is 13.0. The predicted molar refractivity (Wildman–Crippen MR) is 67.2 cm³/mol. The zero-order valence-corrected chi connectivity index (χ0v) is 10.5. The number of nitrogens with two attached hydrogens (primary N) is 1. The molecule has 3 N–H and O–H groups in total. The molecule has 3 nitrogen and oxygen atoms in total. The van der Waals surface area contributed by atoms with Crippen molar-refractivity contribution in [2.45, 2.75) is 33.2 Å². The number of benzene rings is 1. The fourth-order valence-electron chi connectivity index (χ4n) is 1.57. The first-order valence-corrected chi connectivity index (χ1v) is 5.72. The van der Waals surface area contributed by atoms with Crippen LogP contribution in [-0.4, -0.2) is 11.9 Å². The fraction of sp³-hybridized carbons (Fsp3) is 0.462. The minimum atomic E-state index is -0.558. The lowest BCUT2D eigenvalue weighted by atomic mass is 10.0. The Kier molecular flexibility index (Phi) is 4.63. The lowest BCUT2D eigenvalue weighted by molar-refractivity contribution is -0.117. The minimum absolute atomic E-state index is 0.271. The van der Waals surface area contributed by atoms with Crippen LogP contribution in [0.3, 0.4) is 0 Å². The second-order valence-electron chi connectivity index (χ2n) is 4.68. The Morgan fingerprint density at radius 3 is 2.71 bits per heavy atom. The lowest BCUT2D eigenvalue weighted by Crippen LogP contribution is -2.36. The van der Waals surface area contributed by atoms with Crippen LogP contribution in [0.4, 0.5) is 10.1 Å². The standard InChI is InChI=1S/C13H19FN2O/c1-8(2)6-11(15)13(17)16-12-7-10(14)5-4-9(12)3/h4-5,7-8,11H,6,15H2,1-3H3,(H,16,17)/t11-/m0/s1. The van der Waals surface area contributed by atoms with Gasteiger partial charge in [-0.05, 0) is 37.0 Å². The van der Waals surface area contributed by atoms with Gasteiger partial charge < -0.3 is 11.1 Å². The summed E-state index contributed by atoms with van der Waals surface area (Å²) in [7, 11) is 0. The Bertz CT molecular complexity index is 404. The molecule has 1 aromatic rings. The Labute approximate surface area is 101 Å². The summed E-state index contributed by atoms with van der Waals surface area (Å²) in [6, 6.07) is 3.73. The van der Waals surface area contributed by atoms with E-state index >= 15 is 0 Å². The number of nitrogens with one attached hydrogen (secondary N) is 1. The van der Waals surface area contributed by atoms with E-state index in [0.717, 1.165) is 5.56 Å². The summed E-state index contributed by atoms with van der Waals surface area (Å²) in [5.41, 5.74) is 7.05. The van der Waals surface area contributed by atoms with Crippen molar-refractivity contribution in [3.63, 3.8) is 0 Å². The van der Waals surface area contributed by atoms with Crippen molar-refractivity contribution >= 4 is 11.6 Å². The molecule has 0 aliphatic heterocycles. The summed E-state index contributed by atoms with van der Waals surface area (Å²) in [5, 5.41) is 2.65. The van der Waals surface area contributed by atoms with Crippen LogP contribution in [0.15, 0.2) is 18.2 Å². The van der Waals surface area contributed by atoms with Gasteiger partial charge in [-0.1, -0.05) is 19.9 Å². The van der Waals surface area contributed by atoms with Gasteiger partial charge in [-0.25, -0.2) is 4.39 Å². The number of anilines is 1. The van der Waals surface area contributed by atoms with E-state index < -0.39 is 6.04 Å². The predicted octanol–water partition coefficient (Wildman–Crippen LogP) is 2.45. The van der Waals surface area contributed by atoms with E-state index in [0.29, 0.717) is 18.0 Å². The van der Waals surface area contributed by atoms with Crippen LogP contribution in [0.25, 0.3) is 0 Å². The first kappa shape index (κ1) is 13.6. The molecule has 17 heavy (non-hydrogen) atoms. The van der Waals surface area contributed by atoms with Gasteiger partial charge in [0.15, 0.2) is 0 Å². The van der Waals surface area contributed by atoms with Crippen LogP contribution in [0.5, 0.6) is 0 Å². The van der Waals surface area contributed by atoms with Gasteiger partial charge in [0, 0.05) is 5.69 Å². The van der Waals surface area contributed by atoms with Crippen molar-refractivity contribution in [1.82, 2.24) is 0 Å². The number of rotatable bonds is 4. The molecule has 0 saturated heterocycles. The molecule has 0 aliphatic rings. The van der Waals surface area contributed by atoms with E-state index in [1.54, 1.807) is 6.07 Å². The number of aryl methyl sites for hydroxylation is 1. The van der Waals surface area contributed by atoms with Gasteiger partial charge in [0.05, 0.1) is 6.04 Å². The molecule has 0 fully saturated rings. The highest BCUT2D eigenvalue weighted by Crippen LogP contribution is 2.16. The van der Waals surface area contributed by atoms with Crippen LogP contribution >= 0.6 is 0 Å². The highest BCUT2D eigenvalue weighted by Gasteiger charge is 2.15. The van der Waals surface area contributed by atoms with Crippen molar-refractivity contribution in [3.05, 3.63) is 29.6 Å². The Hall–Kier alpha value is -1.42. The number of halogens is 1. The third-order valence-corrected chi connectivity index (χ3v) is 2.52. The maximum atomic E-state index is 13.0. The molecule has 0 heterocycles. The first-order chi connectivity index (χ1) is 7.90. The summed E-state index contributed by atoms with van der Waals surface area (Å²) in [6.45, 7) is 5.81. The van der Waals surface area contributed by atoms with Crippen molar-refractivity contribution < 1.29 is 9.18 Å². The number of amides is 1. The molecular weight excluding hydrogens is 219 g/mol. The van der Waals surface area contributed by atoms with Gasteiger partial charge in [-0.2, -0.15) is 0 Å². The summed E-state index contributed by atoms with van der Waals surface area (Å²) in [5.74, 6) is -0.292. The largest absolute Gasteiger partial charge is 0.324 e. The van der Waals surface area contributed by atoms with Gasteiger partial charge in [0.2, 0.25) is 5.91 Å². The van der Waals surface area contributed by atoms with E-state index in [2.05, 4.69) is 5.32 Å². The van der Waals surface area contributed by atoms with E-state index in [1.165, 1.54) is 12.1 Å². The van der Waals surface area contributed by atoms with E-state index in [1.807, 2.05) is 20.8 Å². The van der Waals surface area contributed by atoms with Gasteiger partial charge in [0.25, 0.3) is 0 Å². The van der Waals surface area contributed by atoms with Gasteiger partial charge in [-0.15, -0.1) is 0 Å². The lowest BCUT2D eigenvalue weighted by Gasteiger charge is -2.15. The molecule has 1 atom stereocenters. The number of hydrogen-bond acceptors (Lipinski definition) is 2. The highest BCUT2D eigenvalue weighted by molar-refractivity contribution is 5.95. The maximum Gasteiger partial charge on any atom is 0.241 e. The molecule has 94 valence electrons. The Morgan fingerprint density at radius 2 is 2.12 bits per heavy atom. The third-order valence-electron chi connectivity index (χ3n) is 2.52. The average molecular weight is 238 g/mol. The minimum Gasteiger partial charge on any atom is -0.324 e. The Balaban J connectivity index is 2.70. The van der Waals surface area contributed by atoms with Crippen LogP contribution in [0.1, 0.15) is 25.8 Å². The molecule has 0 bridgehead atoms. The van der Waals surface area contributed by atoms with Crippen LogP contribution in [0, 0.1) is 18.7 Å². The van der Waals surface area contributed by atoms with Crippen molar-refractivity contribution in [2.75, 3.05) is 5.32 Å². The topological polar surface area (TPSA) is 55.1 Å². The van der Waals surface area contributed by atoms with E-state index in [4.69, 9.17) is 5.73 Å². The average Bonchev–Trinajstić information content (AvgIpc) is 2.22. The molecule has 1 aromatic carbocycles. The van der Waals surface area contributed by atoms with Gasteiger partial charge >= 0.3 is 0 Å². The monoisotopic (exact) mass is 238 g/mol. The smallest absolute Gasteiger partial charge is 0.241 e. The molecule has 0 saturated carbocycles. The molecule has 0 spiro atoms. The quantitative estimate of drug-likeness (QED) is 0.846. The SMILES string of the molecule is Cc1ccc(F)cc1NC(=O)[C@@H](N)CC(C)C. The van der Waals surface area contributed by atoms with Crippen molar-refractivity contribution in [2.24, 2.45) is 11.7 Å². The second-order valence-corrected chi connectivity index (χ2v) is 4.68. The summed E-state index contributed by atoms with van der Waals surface area (Å²) >= 11 is 0. The van der Waals surface area contributed by atoms with E-state index in [-0.39, 0.29) is 11.7 Å². The van der Waals surface area contributed by atoms with Crippen LogP contribution < -0.4 is 11.1 Å². The molecule has 4 heteroatoms. The molecular formula is C13H19FN2O. The fourth-order valence-corrected chi connectivity index (χ4v) is 1.57. The maximum absolute atomic E-state index is 13.0. The summed E-state index contributed by atoms with van der Waals surface area (Å²) in [6.07, 6.45) is 0.611. The van der Waals surface area contributed by atoms with Gasteiger partial charge in [0.1, 0.15) is 5.82 Å². The number of carbonyl (C=O) groups excluding carboxylic acids is 1. The number of hydrogen-bond donors (Lipinski definition) is 2. The second kappa shape index (κ2) is 5.77. The molecule has 0 aromatic heterocycles. The molecule has 0 unspecified atom stereocenters. The highest BCUT2D eigenvalue weighted by atomic mass is 19.1. The normalized spacial score (nSPS) is 12.6. The molecule has 0 radical (unpaired) electrons.